The predicted octanol–water partition coefficient (Wildman–Crippen LogP) is 4.69. The van der Waals surface area contributed by atoms with E-state index in [0.29, 0.717) is 5.75 Å². The molecule has 0 amide bonds. The molecule has 0 aliphatic heterocycles. The maximum atomic E-state index is 10.9. The molecule has 3 nitrogen and oxygen atoms in total. The zero-order valence-corrected chi connectivity index (χ0v) is 13.7. The second kappa shape index (κ2) is 5.71. The molecular formula is C16H20BrNO2. The van der Waals surface area contributed by atoms with Crippen molar-refractivity contribution >= 4 is 22.0 Å². The Morgan fingerprint density at radius 1 is 1.40 bits per heavy atom. The first kappa shape index (κ1) is 15.3. The summed E-state index contributed by atoms with van der Waals surface area (Å²) in [6.45, 7) is 6.06. The van der Waals surface area contributed by atoms with E-state index in [1.54, 1.807) is 6.08 Å². The highest BCUT2D eigenvalue weighted by atomic mass is 79.9. The standard InChI is InChI=1S/C16H20BrNO2/c1-10(2)12-8-13(17)11(3)14(15(12)20)16(18-9-19)6-4-5-7-16/h8,10,20H,4-7H2,1-3H3. The largest absolute Gasteiger partial charge is 0.507 e. The van der Waals surface area contributed by atoms with Crippen LogP contribution in [0, 0.1) is 6.92 Å². The van der Waals surface area contributed by atoms with Crippen LogP contribution in [-0.2, 0) is 10.3 Å². The lowest BCUT2D eigenvalue weighted by Gasteiger charge is -2.28. The van der Waals surface area contributed by atoms with Gasteiger partial charge in [-0.2, -0.15) is 4.99 Å². The van der Waals surface area contributed by atoms with E-state index >= 15 is 0 Å². The number of halogens is 1. The van der Waals surface area contributed by atoms with Crippen LogP contribution in [-0.4, -0.2) is 11.2 Å². The van der Waals surface area contributed by atoms with Crippen molar-refractivity contribution in [3.63, 3.8) is 0 Å². The van der Waals surface area contributed by atoms with Crippen molar-refractivity contribution in [2.24, 2.45) is 4.99 Å². The number of phenolic OH excluding ortho intramolecular Hbond substituents is 1. The van der Waals surface area contributed by atoms with Crippen LogP contribution < -0.4 is 0 Å². The van der Waals surface area contributed by atoms with Crippen molar-refractivity contribution in [3.05, 3.63) is 27.2 Å². The Hall–Kier alpha value is -1.12. The van der Waals surface area contributed by atoms with Gasteiger partial charge in [0.1, 0.15) is 11.3 Å². The molecule has 108 valence electrons. The number of benzene rings is 1. The molecule has 1 aromatic carbocycles. The molecule has 1 saturated carbocycles. The highest BCUT2D eigenvalue weighted by Gasteiger charge is 2.40. The number of hydrogen-bond donors (Lipinski definition) is 1. The van der Waals surface area contributed by atoms with E-state index < -0.39 is 5.54 Å². The molecule has 0 radical (unpaired) electrons. The van der Waals surface area contributed by atoms with Gasteiger partial charge in [-0.1, -0.05) is 42.6 Å². The first-order chi connectivity index (χ1) is 9.43. The van der Waals surface area contributed by atoms with Crippen molar-refractivity contribution < 1.29 is 9.90 Å². The van der Waals surface area contributed by atoms with Crippen LogP contribution in [0.25, 0.3) is 0 Å². The van der Waals surface area contributed by atoms with Crippen LogP contribution in [0.1, 0.15) is 62.1 Å². The van der Waals surface area contributed by atoms with Gasteiger partial charge in [0.2, 0.25) is 6.08 Å². The smallest absolute Gasteiger partial charge is 0.235 e. The summed E-state index contributed by atoms with van der Waals surface area (Å²) in [5.74, 6) is 0.505. The van der Waals surface area contributed by atoms with Gasteiger partial charge in [0, 0.05) is 10.0 Å². The normalized spacial score (nSPS) is 17.2. The number of carbonyl (C=O) groups excluding carboxylic acids is 1. The number of isocyanates is 1. The molecule has 4 heteroatoms. The summed E-state index contributed by atoms with van der Waals surface area (Å²) in [7, 11) is 0. The first-order valence-corrected chi connectivity index (χ1v) is 7.83. The van der Waals surface area contributed by atoms with Gasteiger partial charge >= 0.3 is 0 Å². The Morgan fingerprint density at radius 3 is 2.50 bits per heavy atom. The molecule has 0 aromatic heterocycles. The molecule has 0 saturated heterocycles. The minimum Gasteiger partial charge on any atom is -0.507 e. The van der Waals surface area contributed by atoms with Gasteiger partial charge in [0.25, 0.3) is 0 Å². The van der Waals surface area contributed by atoms with Crippen LogP contribution in [0.3, 0.4) is 0 Å². The number of hydrogen-bond acceptors (Lipinski definition) is 3. The molecule has 2 rings (SSSR count). The second-order valence-electron chi connectivity index (χ2n) is 5.89. The number of aliphatic imine (C=N–C) groups is 1. The Balaban J connectivity index is 2.74. The number of phenols is 1. The summed E-state index contributed by atoms with van der Waals surface area (Å²) in [5.41, 5.74) is 2.07. The van der Waals surface area contributed by atoms with Crippen LogP contribution in [0.2, 0.25) is 0 Å². The molecule has 20 heavy (non-hydrogen) atoms. The van der Waals surface area contributed by atoms with Crippen LogP contribution in [0.4, 0.5) is 0 Å². The highest BCUT2D eigenvalue weighted by molar-refractivity contribution is 9.10. The quantitative estimate of drug-likeness (QED) is 0.642. The number of rotatable bonds is 3. The Kier molecular flexibility index (Phi) is 4.36. The molecule has 0 unspecified atom stereocenters. The van der Waals surface area contributed by atoms with Gasteiger partial charge in [-0.25, -0.2) is 4.79 Å². The predicted molar refractivity (Wildman–Crippen MR) is 82.9 cm³/mol. The molecule has 0 heterocycles. The van der Waals surface area contributed by atoms with E-state index in [2.05, 4.69) is 20.9 Å². The lowest BCUT2D eigenvalue weighted by Crippen LogP contribution is -2.21. The van der Waals surface area contributed by atoms with Crippen molar-refractivity contribution in [1.29, 1.82) is 0 Å². The third-order valence-electron chi connectivity index (χ3n) is 4.30. The lowest BCUT2D eigenvalue weighted by molar-refractivity contribution is 0.401. The lowest BCUT2D eigenvalue weighted by atomic mass is 9.82. The first-order valence-electron chi connectivity index (χ1n) is 7.04. The third kappa shape index (κ3) is 2.43. The van der Waals surface area contributed by atoms with Gasteiger partial charge in [-0.15, -0.1) is 0 Å². The number of aromatic hydroxyl groups is 1. The molecule has 1 fully saturated rings. The van der Waals surface area contributed by atoms with Crippen molar-refractivity contribution in [2.45, 2.75) is 57.9 Å². The molecule has 0 spiro atoms. The minimum absolute atomic E-state index is 0.212. The summed E-state index contributed by atoms with van der Waals surface area (Å²) in [5, 5.41) is 10.7. The zero-order valence-electron chi connectivity index (χ0n) is 12.2. The van der Waals surface area contributed by atoms with E-state index in [0.717, 1.165) is 46.8 Å². The summed E-state index contributed by atoms with van der Waals surface area (Å²) in [6, 6.07) is 1.96. The van der Waals surface area contributed by atoms with E-state index in [9.17, 15) is 9.90 Å². The molecule has 1 aliphatic rings. The third-order valence-corrected chi connectivity index (χ3v) is 5.13. The second-order valence-corrected chi connectivity index (χ2v) is 6.75. The van der Waals surface area contributed by atoms with Gasteiger partial charge < -0.3 is 5.11 Å². The average molecular weight is 338 g/mol. The number of nitrogens with zero attached hydrogens (tertiary/aromatic N) is 1. The Morgan fingerprint density at radius 2 is 2.00 bits per heavy atom. The Labute approximate surface area is 128 Å². The maximum absolute atomic E-state index is 10.9. The fourth-order valence-electron chi connectivity index (χ4n) is 3.23. The van der Waals surface area contributed by atoms with E-state index in [4.69, 9.17) is 0 Å². The minimum atomic E-state index is -0.594. The molecule has 1 aliphatic carbocycles. The fraction of sp³-hybridized carbons (Fsp3) is 0.562. The Bertz CT molecular complexity index is 568. The molecule has 1 N–H and O–H groups in total. The summed E-state index contributed by atoms with van der Waals surface area (Å²) < 4.78 is 0.960. The molecule has 0 atom stereocenters. The van der Waals surface area contributed by atoms with Gasteiger partial charge in [0.05, 0.1) is 0 Å². The van der Waals surface area contributed by atoms with E-state index in [-0.39, 0.29) is 5.92 Å². The van der Waals surface area contributed by atoms with E-state index in [1.165, 1.54) is 0 Å². The summed E-state index contributed by atoms with van der Waals surface area (Å²) >= 11 is 3.57. The van der Waals surface area contributed by atoms with Crippen molar-refractivity contribution in [2.75, 3.05) is 0 Å². The topological polar surface area (TPSA) is 49.7 Å². The zero-order chi connectivity index (χ0) is 14.9. The van der Waals surface area contributed by atoms with E-state index in [1.807, 2.05) is 26.8 Å². The van der Waals surface area contributed by atoms with Gasteiger partial charge in [0.15, 0.2) is 0 Å². The van der Waals surface area contributed by atoms with Crippen LogP contribution >= 0.6 is 15.9 Å². The molecule has 1 aromatic rings. The molecule has 0 bridgehead atoms. The molecular weight excluding hydrogens is 318 g/mol. The summed E-state index contributed by atoms with van der Waals surface area (Å²) in [6.07, 6.45) is 5.36. The monoisotopic (exact) mass is 337 g/mol. The SMILES string of the molecule is Cc1c(Br)cc(C(C)C)c(O)c1C1(N=C=O)CCCC1. The fourth-order valence-corrected chi connectivity index (χ4v) is 3.67. The highest BCUT2D eigenvalue weighted by Crippen LogP contribution is 2.50. The maximum Gasteiger partial charge on any atom is 0.235 e. The summed E-state index contributed by atoms with van der Waals surface area (Å²) in [4.78, 5) is 15.0. The van der Waals surface area contributed by atoms with Crippen LogP contribution in [0.5, 0.6) is 5.75 Å². The average Bonchev–Trinajstić information content (AvgIpc) is 2.83. The van der Waals surface area contributed by atoms with Crippen molar-refractivity contribution in [1.82, 2.24) is 0 Å². The van der Waals surface area contributed by atoms with Crippen LogP contribution in [0.15, 0.2) is 15.5 Å². The van der Waals surface area contributed by atoms with Gasteiger partial charge in [-0.05, 0) is 42.9 Å². The van der Waals surface area contributed by atoms with Gasteiger partial charge in [-0.3, -0.25) is 0 Å². The van der Waals surface area contributed by atoms with Crippen molar-refractivity contribution in [3.8, 4) is 5.75 Å².